The van der Waals surface area contributed by atoms with Gasteiger partial charge in [-0.05, 0) is 50.8 Å². The third-order valence-corrected chi connectivity index (χ3v) is 4.02. The third kappa shape index (κ3) is 4.87. The summed E-state index contributed by atoms with van der Waals surface area (Å²) < 4.78 is 5.82. The highest BCUT2D eigenvalue weighted by molar-refractivity contribution is 5.35. The Labute approximate surface area is 117 Å². The first-order valence-corrected chi connectivity index (χ1v) is 7.66. The van der Waals surface area contributed by atoms with Crippen LogP contribution in [0.3, 0.4) is 0 Å². The molecule has 1 saturated carbocycles. The van der Waals surface area contributed by atoms with Crippen LogP contribution in [0.15, 0.2) is 18.2 Å². The molecule has 1 N–H and O–H groups in total. The van der Waals surface area contributed by atoms with Crippen molar-refractivity contribution in [2.24, 2.45) is 5.92 Å². The van der Waals surface area contributed by atoms with E-state index in [1.54, 1.807) is 0 Å². The average Bonchev–Trinajstić information content (AvgIpc) is 2.42. The van der Waals surface area contributed by atoms with Gasteiger partial charge in [0.25, 0.3) is 0 Å². The molecule has 1 aromatic rings. The van der Waals surface area contributed by atoms with Crippen molar-refractivity contribution in [1.82, 2.24) is 5.32 Å². The zero-order valence-electron chi connectivity index (χ0n) is 12.4. The minimum Gasteiger partial charge on any atom is -0.492 e. The summed E-state index contributed by atoms with van der Waals surface area (Å²) in [5, 5.41) is 3.53. The number of ether oxygens (including phenoxy) is 1. The molecule has 2 heteroatoms. The van der Waals surface area contributed by atoms with Crippen molar-refractivity contribution in [2.45, 2.75) is 46.0 Å². The van der Waals surface area contributed by atoms with E-state index in [4.69, 9.17) is 4.74 Å². The Kier molecular flexibility index (Phi) is 5.71. The van der Waals surface area contributed by atoms with Gasteiger partial charge in [0.2, 0.25) is 0 Å². The summed E-state index contributed by atoms with van der Waals surface area (Å²) in [5.41, 5.74) is 2.52. The molecule has 0 bridgehead atoms. The van der Waals surface area contributed by atoms with E-state index in [1.807, 2.05) is 0 Å². The lowest BCUT2D eigenvalue weighted by atomic mass is 9.89. The van der Waals surface area contributed by atoms with Crippen molar-refractivity contribution in [3.8, 4) is 5.75 Å². The molecule has 1 fully saturated rings. The number of hydrogen-bond acceptors (Lipinski definition) is 2. The van der Waals surface area contributed by atoms with Gasteiger partial charge in [-0.3, -0.25) is 0 Å². The van der Waals surface area contributed by atoms with Crippen molar-refractivity contribution in [1.29, 1.82) is 0 Å². The maximum Gasteiger partial charge on any atom is 0.122 e. The van der Waals surface area contributed by atoms with Crippen LogP contribution in [0.1, 0.15) is 43.2 Å². The minimum atomic E-state index is 0.761. The fraction of sp³-hybridized carbons (Fsp3) is 0.647. The van der Waals surface area contributed by atoms with Gasteiger partial charge in [-0.15, -0.1) is 0 Å². The second-order valence-electron chi connectivity index (χ2n) is 5.83. The van der Waals surface area contributed by atoms with Gasteiger partial charge in [0.05, 0.1) is 0 Å². The lowest BCUT2D eigenvalue weighted by Crippen LogP contribution is -2.28. The molecular weight excluding hydrogens is 234 g/mol. The van der Waals surface area contributed by atoms with E-state index >= 15 is 0 Å². The van der Waals surface area contributed by atoms with Crippen LogP contribution < -0.4 is 10.1 Å². The summed E-state index contributed by atoms with van der Waals surface area (Å²) in [6, 6.07) is 6.36. The summed E-state index contributed by atoms with van der Waals surface area (Å²) in [6.07, 6.45) is 7.10. The molecule has 106 valence electrons. The Morgan fingerprint density at radius 2 is 1.95 bits per heavy atom. The van der Waals surface area contributed by atoms with Gasteiger partial charge >= 0.3 is 0 Å². The van der Waals surface area contributed by atoms with Crippen LogP contribution in [0.2, 0.25) is 0 Å². The van der Waals surface area contributed by atoms with E-state index in [-0.39, 0.29) is 0 Å². The van der Waals surface area contributed by atoms with Crippen molar-refractivity contribution in [3.63, 3.8) is 0 Å². The van der Waals surface area contributed by atoms with Gasteiger partial charge in [-0.1, -0.05) is 37.0 Å². The normalized spacial score (nSPS) is 16.5. The van der Waals surface area contributed by atoms with Crippen molar-refractivity contribution >= 4 is 0 Å². The number of hydrogen-bond donors (Lipinski definition) is 1. The van der Waals surface area contributed by atoms with Gasteiger partial charge in [-0.2, -0.15) is 0 Å². The van der Waals surface area contributed by atoms with Crippen LogP contribution in [0, 0.1) is 19.8 Å². The molecule has 0 aliphatic heterocycles. The van der Waals surface area contributed by atoms with E-state index in [2.05, 4.69) is 37.4 Å². The van der Waals surface area contributed by atoms with E-state index in [0.29, 0.717) is 0 Å². The zero-order chi connectivity index (χ0) is 13.5. The first-order valence-electron chi connectivity index (χ1n) is 7.66. The van der Waals surface area contributed by atoms with Crippen LogP contribution in [-0.4, -0.2) is 19.7 Å². The predicted molar refractivity (Wildman–Crippen MR) is 80.9 cm³/mol. The monoisotopic (exact) mass is 261 g/mol. The Morgan fingerprint density at radius 1 is 1.16 bits per heavy atom. The molecule has 0 aromatic heterocycles. The molecule has 0 heterocycles. The zero-order valence-corrected chi connectivity index (χ0v) is 12.4. The van der Waals surface area contributed by atoms with Crippen molar-refractivity contribution in [2.75, 3.05) is 19.7 Å². The Bertz CT molecular complexity index is 383. The van der Waals surface area contributed by atoms with Crippen molar-refractivity contribution < 1.29 is 4.74 Å². The number of aryl methyl sites for hydroxylation is 2. The smallest absolute Gasteiger partial charge is 0.122 e. The molecule has 0 spiro atoms. The second kappa shape index (κ2) is 7.54. The van der Waals surface area contributed by atoms with Crippen molar-refractivity contribution in [3.05, 3.63) is 29.3 Å². The molecule has 1 aliphatic carbocycles. The quantitative estimate of drug-likeness (QED) is 0.785. The molecule has 0 atom stereocenters. The van der Waals surface area contributed by atoms with E-state index in [0.717, 1.165) is 31.4 Å². The molecular formula is C17H27NO. The molecule has 1 aromatic carbocycles. The second-order valence-corrected chi connectivity index (χ2v) is 5.83. The van der Waals surface area contributed by atoms with E-state index in [9.17, 15) is 0 Å². The molecule has 0 unspecified atom stereocenters. The fourth-order valence-electron chi connectivity index (χ4n) is 2.89. The number of nitrogens with one attached hydrogen (secondary N) is 1. The maximum atomic E-state index is 5.82. The summed E-state index contributed by atoms with van der Waals surface area (Å²) >= 11 is 0. The lowest BCUT2D eigenvalue weighted by molar-refractivity contribution is 0.293. The van der Waals surface area contributed by atoms with Crippen LogP contribution in [0.5, 0.6) is 5.75 Å². The Morgan fingerprint density at radius 3 is 2.68 bits per heavy atom. The number of rotatable bonds is 6. The van der Waals surface area contributed by atoms with E-state index < -0.39 is 0 Å². The molecule has 0 saturated heterocycles. The summed E-state index contributed by atoms with van der Waals surface area (Å²) in [7, 11) is 0. The SMILES string of the molecule is Cc1ccc(OCCNCC2CCCCC2)c(C)c1. The van der Waals surface area contributed by atoms with Crippen LogP contribution in [0.25, 0.3) is 0 Å². The van der Waals surface area contributed by atoms with Gasteiger partial charge in [-0.25, -0.2) is 0 Å². The Hall–Kier alpha value is -1.02. The lowest BCUT2D eigenvalue weighted by Gasteiger charge is -2.21. The first kappa shape index (κ1) is 14.4. The topological polar surface area (TPSA) is 21.3 Å². The van der Waals surface area contributed by atoms with Gasteiger partial charge in [0.15, 0.2) is 0 Å². The highest BCUT2D eigenvalue weighted by Gasteiger charge is 2.12. The van der Waals surface area contributed by atoms with Gasteiger partial charge in [0, 0.05) is 6.54 Å². The van der Waals surface area contributed by atoms with Gasteiger partial charge in [0.1, 0.15) is 12.4 Å². The summed E-state index contributed by atoms with van der Waals surface area (Å²) in [5.74, 6) is 1.92. The highest BCUT2D eigenvalue weighted by Crippen LogP contribution is 2.22. The maximum absolute atomic E-state index is 5.82. The summed E-state index contributed by atoms with van der Waals surface area (Å²) in [4.78, 5) is 0. The molecule has 2 rings (SSSR count). The molecule has 19 heavy (non-hydrogen) atoms. The van der Waals surface area contributed by atoms with E-state index in [1.165, 1.54) is 43.2 Å². The van der Waals surface area contributed by atoms with Crippen LogP contribution in [0.4, 0.5) is 0 Å². The average molecular weight is 261 g/mol. The first-order chi connectivity index (χ1) is 9.25. The summed E-state index contributed by atoms with van der Waals surface area (Å²) in [6.45, 7) is 7.09. The predicted octanol–water partition coefficient (Wildman–Crippen LogP) is 3.85. The number of benzene rings is 1. The molecule has 1 aliphatic rings. The Balaban J connectivity index is 1.61. The van der Waals surface area contributed by atoms with Gasteiger partial charge < -0.3 is 10.1 Å². The van der Waals surface area contributed by atoms with Crippen LogP contribution >= 0.6 is 0 Å². The molecule has 0 amide bonds. The molecule has 2 nitrogen and oxygen atoms in total. The molecule has 0 radical (unpaired) electrons. The highest BCUT2D eigenvalue weighted by atomic mass is 16.5. The fourth-order valence-corrected chi connectivity index (χ4v) is 2.89. The standard InChI is InChI=1S/C17H27NO/c1-14-8-9-17(15(2)12-14)19-11-10-18-13-16-6-4-3-5-7-16/h8-9,12,16,18H,3-7,10-11,13H2,1-2H3. The minimum absolute atomic E-state index is 0.761. The third-order valence-electron chi connectivity index (χ3n) is 4.02. The largest absolute Gasteiger partial charge is 0.492 e. The van der Waals surface area contributed by atoms with Crippen LogP contribution in [-0.2, 0) is 0 Å².